The van der Waals surface area contributed by atoms with E-state index in [4.69, 9.17) is 4.74 Å². The fourth-order valence-electron chi connectivity index (χ4n) is 1.33. The van der Waals surface area contributed by atoms with Gasteiger partial charge in [-0.25, -0.2) is 0 Å². The van der Waals surface area contributed by atoms with Gasteiger partial charge in [-0.15, -0.1) is 0 Å². The third-order valence-corrected chi connectivity index (χ3v) is 1.95. The van der Waals surface area contributed by atoms with Crippen LogP contribution in [-0.2, 0) is 19.1 Å². The lowest BCUT2D eigenvalue weighted by molar-refractivity contribution is -0.152. The van der Waals surface area contributed by atoms with E-state index < -0.39 is 17.7 Å². The Morgan fingerprint density at radius 2 is 2.14 bits per heavy atom. The average Bonchev–Trinajstić information content (AvgIpc) is 2.01. The monoisotopic (exact) mass is 196 g/mol. The number of carbonyl (C=O) groups excluding carboxylic acids is 3. The van der Waals surface area contributed by atoms with Gasteiger partial charge >= 0.3 is 5.97 Å². The van der Waals surface area contributed by atoms with Gasteiger partial charge in [0.1, 0.15) is 5.76 Å². The summed E-state index contributed by atoms with van der Waals surface area (Å²) in [7, 11) is 0. The quantitative estimate of drug-likeness (QED) is 0.499. The predicted molar refractivity (Wildman–Crippen MR) is 48.3 cm³/mol. The zero-order chi connectivity index (χ0) is 10.7. The number of hydrogen-bond donors (Lipinski definition) is 0. The Hall–Kier alpha value is -1.45. The number of carbonyl (C=O) groups is 3. The van der Waals surface area contributed by atoms with E-state index in [9.17, 15) is 14.4 Å². The predicted octanol–water partition coefficient (Wildman–Crippen LogP) is 1.00. The van der Waals surface area contributed by atoms with Crippen molar-refractivity contribution in [2.45, 2.75) is 26.7 Å². The van der Waals surface area contributed by atoms with Crippen LogP contribution in [0.25, 0.3) is 0 Å². The molecule has 76 valence electrons. The molecule has 0 aliphatic carbocycles. The van der Waals surface area contributed by atoms with Gasteiger partial charge in [-0.1, -0.05) is 6.92 Å². The molecule has 1 rings (SSSR count). The number of hydrogen-bond acceptors (Lipinski definition) is 4. The molecule has 1 atom stereocenters. The summed E-state index contributed by atoms with van der Waals surface area (Å²) in [5, 5.41) is 0. The van der Waals surface area contributed by atoms with Crippen molar-refractivity contribution in [1.29, 1.82) is 0 Å². The Kier molecular flexibility index (Phi) is 3.17. The second-order valence-electron chi connectivity index (χ2n) is 3.23. The smallest absolute Gasteiger partial charge is 0.329 e. The molecule has 0 spiro atoms. The zero-order valence-corrected chi connectivity index (χ0v) is 8.20. The summed E-state index contributed by atoms with van der Waals surface area (Å²) in [6, 6.07) is 0. The van der Waals surface area contributed by atoms with Crippen LogP contribution in [0.2, 0.25) is 0 Å². The molecule has 1 aliphatic rings. The zero-order valence-electron chi connectivity index (χ0n) is 8.20. The van der Waals surface area contributed by atoms with Gasteiger partial charge in [-0.2, -0.15) is 0 Å². The molecular weight excluding hydrogens is 184 g/mol. The number of rotatable bonds is 3. The Morgan fingerprint density at radius 3 is 2.64 bits per heavy atom. The highest BCUT2D eigenvalue weighted by Crippen LogP contribution is 2.17. The van der Waals surface area contributed by atoms with E-state index in [0.717, 1.165) is 0 Å². The Labute approximate surface area is 81.9 Å². The van der Waals surface area contributed by atoms with Gasteiger partial charge in [0, 0.05) is 12.5 Å². The minimum absolute atomic E-state index is 0.235. The van der Waals surface area contributed by atoms with Crippen LogP contribution in [0.15, 0.2) is 11.8 Å². The van der Waals surface area contributed by atoms with Crippen molar-refractivity contribution >= 4 is 17.5 Å². The highest BCUT2D eigenvalue weighted by atomic mass is 16.5. The van der Waals surface area contributed by atoms with E-state index in [1.807, 2.05) is 6.92 Å². The summed E-state index contributed by atoms with van der Waals surface area (Å²) in [6.07, 6.45) is 2.05. The van der Waals surface area contributed by atoms with Gasteiger partial charge < -0.3 is 4.74 Å². The maximum atomic E-state index is 11.4. The van der Waals surface area contributed by atoms with Gasteiger partial charge in [0.2, 0.25) is 0 Å². The van der Waals surface area contributed by atoms with E-state index in [1.165, 1.54) is 13.0 Å². The number of Topliss-reactive ketones (excluding diaryl/α,β-unsaturated/α-hetero) is 1. The lowest BCUT2D eigenvalue weighted by atomic mass is 9.94. The first-order chi connectivity index (χ1) is 6.56. The summed E-state index contributed by atoms with van der Waals surface area (Å²) in [4.78, 5) is 33.9. The molecule has 0 aromatic carbocycles. The van der Waals surface area contributed by atoms with Crippen molar-refractivity contribution < 1.29 is 19.1 Å². The summed E-state index contributed by atoms with van der Waals surface area (Å²) >= 11 is 0. The van der Waals surface area contributed by atoms with E-state index in [0.29, 0.717) is 6.42 Å². The van der Waals surface area contributed by atoms with Crippen molar-refractivity contribution in [3.63, 3.8) is 0 Å². The lowest BCUT2D eigenvalue weighted by Gasteiger charge is -2.16. The molecule has 4 heteroatoms. The van der Waals surface area contributed by atoms with Crippen molar-refractivity contribution in [2.75, 3.05) is 0 Å². The lowest BCUT2D eigenvalue weighted by Crippen LogP contribution is -2.35. The highest BCUT2D eigenvalue weighted by Gasteiger charge is 2.36. The average molecular weight is 196 g/mol. The SMILES string of the molecule is CCCC(=O)[C@H]1C(=O)C=C(C)OC1=O. The largest absolute Gasteiger partial charge is 0.430 e. The molecule has 0 amide bonds. The van der Waals surface area contributed by atoms with Crippen LogP contribution < -0.4 is 0 Å². The number of ketones is 2. The Bertz CT molecular complexity index is 314. The first kappa shape index (κ1) is 10.6. The van der Waals surface area contributed by atoms with Gasteiger partial charge in [0.05, 0.1) is 0 Å². The molecule has 0 aromatic rings. The summed E-state index contributed by atoms with van der Waals surface area (Å²) in [5.41, 5.74) is 0. The van der Waals surface area contributed by atoms with E-state index in [2.05, 4.69) is 0 Å². The third kappa shape index (κ3) is 2.07. The van der Waals surface area contributed by atoms with Crippen LogP contribution in [-0.4, -0.2) is 17.5 Å². The molecule has 0 N–H and O–H groups in total. The van der Waals surface area contributed by atoms with Crippen LogP contribution >= 0.6 is 0 Å². The summed E-state index contributed by atoms with van der Waals surface area (Å²) in [5.74, 6) is -2.53. The molecule has 1 heterocycles. The molecule has 14 heavy (non-hydrogen) atoms. The summed E-state index contributed by atoms with van der Waals surface area (Å²) in [6.45, 7) is 3.33. The van der Waals surface area contributed by atoms with Crippen LogP contribution in [0.3, 0.4) is 0 Å². The number of allylic oxidation sites excluding steroid dienone is 2. The molecule has 4 nitrogen and oxygen atoms in total. The second kappa shape index (κ2) is 4.17. The van der Waals surface area contributed by atoms with Crippen LogP contribution in [0, 0.1) is 5.92 Å². The number of esters is 1. The fraction of sp³-hybridized carbons (Fsp3) is 0.500. The van der Waals surface area contributed by atoms with E-state index >= 15 is 0 Å². The fourth-order valence-corrected chi connectivity index (χ4v) is 1.33. The number of ether oxygens (including phenoxy) is 1. The van der Waals surface area contributed by atoms with Crippen LogP contribution in [0.4, 0.5) is 0 Å². The minimum Gasteiger partial charge on any atom is -0.430 e. The molecule has 1 aliphatic heterocycles. The molecular formula is C10H12O4. The second-order valence-corrected chi connectivity index (χ2v) is 3.23. The maximum absolute atomic E-state index is 11.4. The van der Waals surface area contributed by atoms with Gasteiger partial charge in [-0.3, -0.25) is 14.4 Å². The first-order valence-electron chi connectivity index (χ1n) is 4.52. The van der Waals surface area contributed by atoms with Crippen molar-refractivity contribution in [3.05, 3.63) is 11.8 Å². The topological polar surface area (TPSA) is 60.4 Å². The molecule has 0 unspecified atom stereocenters. The Morgan fingerprint density at radius 1 is 1.50 bits per heavy atom. The van der Waals surface area contributed by atoms with E-state index in [-0.39, 0.29) is 18.0 Å². The molecule has 0 aromatic heterocycles. The van der Waals surface area contributed by atoms with Crippen LogP contribution in [0.1, 0.15) is 26.7 Å². The third-order valence-electron chi connectivity index (χ3n) is 1.95. The minimum atomic E-state index is -1.22. The van der Waals surface area contributed by atoms with Crippen molar-refractivity contribution in [1.82, 2.24) is 0 Å². The number of cyclic esters (lactones) is 1. The van der Waals surface area contributed by atoms with Crippen LogP contribution in [0.5, 0.6) is 0 Å². The van der Waals surface area contributed by atoms with Gasteiger partial charge in [-0.05, 0) is 13.3 Å². The molecule has 0 fully saturated rings. The van der Waals surface area contributed by atoms with E-state index in [1.54, 1.807) is 0 Å². The standard InChI is InChI=1S/C10H12O4/c1-3-4-7(11)9-8(12)5-6(2)14-10(9)13/h5,9H,3-4H2,1-2H3/t9-/m0/s1. The first-order valence-corrected chi connectivity index (χ1v) is 4.52. The van der Waals surface area contributed by atoms with Gasteiger partial charge in [0.25, 0.3) is 0 Å². The Balaban J connectivity index is 2.84. The normalized spacial score (nSPS) is 21.6. The molecule has 0 radical (unpaired) electrons. The van der Waals surface area contributed by atoms with Crippen molar-refractivity contribution in [2.24, 2.45) is 5.92 Å². The molecule has 0 bridgehead atoms. The van der Waals surface area contributed by atoms with Gasteiger partial charge in [0.15, 0.2) is 17.5 Å². The van der Waals surface area contributed by atoms with Crippen molar-refractivity contribution in [3.8, 4) is 0 Å². The molecule has 0 saturated carbocycles. The highest BCUT2D eigenvalue weighted by molar-refractivity contribution is 6.21. The maximum Gasteiger partial charge on any atom is 0.329 e. The summed E-state index contributed by atoms with van der Waals surface area (Å²) < 4.78 is 4.72. The molecule has 0 saturated heterocycles.